The summed E-state index contributed by atoms with van der Waals surface area (Å²) in [5.41, 5.74) is 0. The standard InChI is InChI=1S/C19H26N6OS.HI/c1-23(2)18(26)15-22-19(21-14-16-6-5-13-27-16)25-11-9-24(10-12-25)17-7-3-4-8-20-17;/h3-8,13H,9-12,14-15H2,1-2H3,(H,21,22);1H. The molecule has 0 bridgehead atoms. The van der Waals surface area contributed by atoms with E-state index >= 15 is 0 Å². The Morgan fingerprint density at radius 1 is 1.21 bits per heavy atom. The molecule has 2 aromatic rings. The third kappa shape index (κ3) is 6.33. The topological polar surface area (TPSA) is 64.1 Å². The molecule has 0 spiro atoms. The van der Waals surface area contributed by atoms with E-state index < -0.39 is 0 Å². The summed E-state index contributed by atoms with van der Waals surface area (Å²) in [6, 6.07) is 10.1. The van der Waals surface area contributed by atoms with Crippen LogP contribution in [0.1, 0.15) is 4.88 Å². The highest BCUT2D eigenvalue weighted by Crippen LogP contribution is 2.13. The second kappa shape index (κ2) is 11.2. The zero-order chi connectivity index (χ0) is 19.1. The summed E-state index contributed by atoms with van der Waals surface area (Å²) in [4.78, 5) is 28.3. The van der Waals surface area contributed by atoms with E-state index in [1.165, 1.54) is 4.88 Å². The van der Waals surface area contributed by atoms with Crippen LogP contribution in [0.25, 0.3) is 0 Å². The van der Waals surface area contributed by atoms with Crippen LogP contribution in [0.5, 0.6) is 0 Å². The van der Waals surface area contributed by atoms with Crippen molar-refractivity contribution in [3.63, 3.8) is 0 Å². The van der Waals surface area contributed by atoms with Gasteiger partial charge in [0.2, 0.25) is 5.91 Å². The largest absolute Gasteiger partial charge is 0.353 e. The van der Waals surface area contributed by atoms with Gasteiger partial charge in [0, 0.05) is 51.3 Å². The summed E-state index contributed by atoms with van der Waals surface area (Å²) in [6.07, 6.45) is 1.82. The van der Waals surface area contributed by atoms with Gasteiger partial charge in [-0.3, -0.25) is 4.79 Å². The first-order valence-corrected chi connectivity index (χ1v) is 9.93. The number of carbonyl (C=O) groups excluding carboxylic acids is 1. The summed E-state index contributed by atoms with van der Waals surface area (Å²) in [5.74, 6) is 1.79. The SMILES string of the molecule is CN(C)C(=O)CN=C(NCc1cccs1)N1CCN(c2ccccn2)CC1.I. The number of rotatable bonds is 5. The first-order chi connectivity index (χ1) is 13.1. The lowest BCUT2D eigenvalue weighted by Crippen LogP contribution is -2.52. The van der Waals surface area contributed by atoms with Crippen molar-refractivity contribution in [3.05, 3.63) is 46.8 Å². The molecule has 0 saturated carbocycles. The van der Waals surface area contributed by atoms with Gasteiger partial charge < -0.3 is 20.0 Å². The lowest BCUT2D eigenvalue weighted by Gasteiger charge is -2.37. The van der Waals surface area contributed by atoms with Crippen molar-refractivity contribution in [2.45, 2.75) is 6.54 Å². The molecular weight excluding hydrogens is 487 g/mol. The summed E-state index contributed by atoms with van der Waals surface area (Å²) in [6.45, 7) is 4.29. The zero-order valence-electron chi connectivity index (χ0n) is 16.2. The number of nitrogens with zero attached hydrogens (tertiary/aromatic N) is 5. The number of pyridine rings is 1. The maximum Gasteiger partial charge on any atom is 0.243 e. The molecule has 3 rings (SSSR count). The van der Waals surface area contributed by atoms with Crippen LogP contribution in [0.4, 0.5) is 5.82 Å². The highest BCUT2D eigenvalue weighted by Gasteiger charge is 2.21. The van der Waals surface area contributed by atoms with Crippen LogP contribution in [-0.2, 0) is 11.3 Å². The molecule has 0 atom stereocenters. The Morgan fingerprint density at radius 3 is 2.61 bits per heavy atom. The molecule has 152 valence electrons. The average molecular weight is 514 g/mol. The molecule has 0 aromatic carbocycles. The van der Waals surface area contributed by atoms with Crippen LogP contribution in [0.2, 0.25) is 0 Å². The lowest BCUT2D eigenvalue weighted by atomic mass is 10.3. The molecule has 1 fully saturated rings. The number of guanidine groups is 1. The second-order valence-electron chi connectivity index (χ2n) is 6.52. The number of nitrogens with one attached hydrogen (secondary N) is 1. The van der Waals surface area contributed by atoms with Gasteiger partial charge in [-0.05, 0) is 23.6 Å². The number of aliphatic imine (C=N–C) groups is 1. The van der Waals surface area contributed by atoms with Crippen molar-refractivity contribution >= 4 is 53.0 Å². The number of carbonyl (C=O) groups is 1. The minimum Gasteiger partial charge on any atom is -0.353 e. The number of hydrogen-bond donors (Lipinski definition) is 1. The van der Waals surface area contributed by atoms with Gasteiger partial charge in [0.25, 0.3) is 0 Å². The highest BCUT2D eigenvalue weighted by molar-refractivity contribution is 14.0. The van der Waals surface area contributed by atoms with E-state index in [2.05, 4.69) is 36.5 Å². The van der Waals surface area contributed by atoms with Gasteiger partial charge in [-0.2, -0.15) is 0 Å². The fraction of sp³-hybridized carbons (Fsp3) is 0.421. The number of halogens is 1. The Morgan fingerprint density at radius 2 is 2.00 bits per heavy atom. The molecule has 7 nitrogen and oxygen atoms in total. The Balaban J connectivity index is 0.00000280. The van der Waals surface area contributed by atoms with Gasteiger partial charge in [0.05, 0.1) is 6.54 Å². The molecule has 0 unspecified atom stereocenters. The van der Waals surface area contributed by atoms with Crippen molar-refractivity contribution in [2.75, 3.05) is 51.7 Å². The van der Waals surface area contributed by atoms with Gasteiger partial charge >= 0.3 is 0 Å². The molecule has 1 N–H and O–H groups in total. The van der Waals surface area contributed by atoms with Gasteiger partial charge in [-0.1, -0.05) is 12.1 Å². The quantitative estimate of drug-likeness (QED) is 0.377. The number of hydrogen-bond acceptors (Lipinski definition) is 5. The number of amides is 1. The van der Waals surface area contributed by atoms with Crippen LogP contribution in [-0.4, -0.2) is 73.5 Å². The number of anilines is 1. The molecule has 28 heavy (non-hydrogen) atoms. The summed E-state index contributed by atoms with van der Waals surface area (Å²) >= 11 is 1.71. The van der Waals surface area contributed by atoms with Crippen molar-refractivity contribution in [1.82, 2.24) is 20.1 Å². The van der Waals surface area contributed by atoms with E-state index in [1.54, 1.807) is 30.3 Å². The van der Waals surface area contributed by atoms with E-state index in [-0.39, 0.29) is 36.4 Å². The Labute approximate surface area is 187 Å². The molecular formula is C19H27IN6OS. The molecule has 3 heterocycles. The zero-order valence-corrected chi connectivity index (χ0v) is 19.4. The fourth-order valence-electron chi connectivity index (χ4n) is 2.82. The van der Waals surface area contributed by atoms with Gasteiger partial charge in [-0.25, -0.2) is 9.98 Å². The van der Waals surface area contributed by atoms with E-state index in [1.807, 2.05) is 30.5 Å². The van der Waals surface area contributed by atoms with E-state index in [4.69, 9.17) is 0 Å². The smallest absolute Gasteiger partial charge is 0.243 e. The third-order valence-corrected chi connectivity index (χ3v) is 5.29. The second-order valence-corrected chi connectivity index (χ2v) is 7.56. The number of aromatic nitrogens is 1. The minimum atomic E-state index is -0.00227. The van der Waals surface area contributed by atoms with Gasteiger partial charge in [0.1, 0.15) is 12.4 Å². The summed E-state index contributed by atoms with van der Waals surface area (Å²) < 4.78 is 0. The molecule has 1 amide bonds. The molecule has 1 aliphatic rings. The number of thiophene rings is 1. The van der Waals surface area contributed by atoms with E-state index in [9.17, 15) is 4.79 Å². The molecule has 1 aliphatic heterocycles. The summed E-state index contributed by atoms with van der Waals surface area (Å²) in [7, 11) is 3.50. The Bertz CT molecular complexity index is 745. The maximum atomic E-state index is 12.0. The predicted molar refractivity (Wildman–Crippen MR) is 126 cm³/mol. The maximum absolute atomic E-state index is 12.0. The van der Waals surface area contributed by atoms with Crippen LogP contribution in [0, 0.1) is 0 Å². The van der Waals surface area contributed by atoms with Crippen LogP contribution in [0.3, 0.4) is 0 Å². The van der Waals surface area contributed by atoms with Crippen LogP contribution in [0.15, 0.2) is 46.9 Å². The molecule has 1 saturated heterocycles. The van der Waals surface area contributed by atoms with Crippen LogP contribution >= 0.6 is 35.3 Å². The Hall–Kier alpha value is -1.88. The summed E-state index contributed by atoms with van der Waals surface area (Å²) in [5, 5.41) is 5.49. The molecule has 2 aromatic heterocycles. The first kappa shape index (κ1) is 22.4. The van der Waals surface area contributed by atoms with Crippen LogP contribution < -0.4 is 10.2 Å². The van der Waals surface area contributed by atoms with E-state index in [0.29, 0.717) is 6.54 Å². The minimum absolute atomic E-state index is 0. The lowest BCUT2D eigenvalue weighted by molar-refractivity contribution is -0.127. The monoisotopic (exact) mass is 514 g/mol. The number of piperazine rings is 1. The van der Waals surface area contributed by atoms with Crippen molar-refractivity contribution < 1.29 is 4.79 Å². The molecule has 0 aliphatic carbocycles. The number of likely N-dealkylation sites (N-methyl/N-ethyl adjacent to an activating group) is 1. The van der Waals surface area contributed by atoms with Gasteiger partial charge in [0.15, 0.2) is 5.96 Å². The molecule has 9 heteroatoms. The van der Waals surface area contributed by atoms with Crippen molar-refractivity contribution in [3.8, 4) is 0 Å². The molecule has 0 radical (unpaired) electrons. The van der Waals surface area contributed by atoms with Crippen molar-refractivity contribution in [1.29, 1.82) is 0 Å². The predicted octanol–water partition coefficient (Wildman–Crippen LogP) is 2.12. The average Bonchev–Trinajstić information content (AvgIpc) is 3.22. The fourth-order valence-corrected chi connectivity index (χ4v) is 3.46. The highest BCUT2D eigenvalue weighted by atomic mass is 127. The van der Waals surface area contributed by atoms with Crippen molar-refractivity contribution in [2.24, 2.45) is 4.99 Å². The Kier molecular flexibility index (Phi) is 8.97. The third-order valence-electron chi connectivity index (χ3n) is 4.42. The van der Waals surface area contributed by atoms with E-state index in [0.717, 1.165) is 38.0 Å². The normalized spacial score (nSPS) is 14.4. The van der Waals surface area contributed by atoms with Gasteiger partial charge in [-0.15, -0.1) is 35.3 Å². The first-order valence-electron chi connectivity index (χ1n) is 9.05.